The van der Waals surface area contributed by atoms with Gasteiger partial charge in [-0.2, -0.15) is 0 Å². The van der Waals surface area contributed by atoms with Crippen molar-refractivity contribution in [2.24, 2.45) is 0 Å². The number of rotatable bonds is 7. The molecular weight excluding hydrogens is 204 g/mol. The van der Waals surface area contributed by atoms with Crippen LogP contribution < -0.4 is 5.32 Å². The molecule has 1 atom stereocenters. The minimum atomic E-state index is 0.408. The summed E-state index contributed by atoms with van der Waals surface area (Å²) in [6.45, 7) is 7.65. The van der Waals surface area contributed by atoms with E-state index < -0.39 is 0 Å². The van der Waals surface area contributed by atoms with Crippen molar-refractivity contribution in [3.05, 3.63) is 16.1 Å². The van der Waals surface area contributed by atoms with Gasteiger partial charge in [-0.25, -0.2) is 4.98 Å². The number of nitrogens with zero attached hydrogens (tertiary/aromatic N) is 1. The predicted octanol–water partition coefficient (Wildman–Crippen LogP) is 3.68. The van der Waals surface area contributed by atoms with Crippen LogP contribution in [0.5, 0.6) is 0 Å². The zero-order valence-electron chi connectivity index (χ0n) is 10.0. The van der Waals surface area contributed by atoms with Crippen molar-refractivity contribution < 1.29 is 0 Å². The molecule has 0 bridgehead atoms. The number of aromatic nitrogens is 1. The van der Waals surface area contributed by atoms with Crippen molar-refractivity contribution in [1.82, 2.24) is 10.3 Å². The van der Waals surface area contributed by atoms with Crippen molar-refractivity contribution in [3.8, 4) is 0 Å². The first-order valence-electron chi connectivity index (χ1n) is 5.89. The lowest BCUT2D eigenvalue weighted by Gasteiger charge is -2.10. The third kappa shape index (κ3) is 4.76. The van der Waals surface area contributed by atoms with E-state index >= 15 is 0 Å². The lowest BCUT2D eigenvalue weighted by Crippen LogP contribution is -2.19. The van der Waals surface area contributed by atoms with Crippen LogP contribution in [0.3, 0.4) is 0 Å². The first kappa shape index (κ1) is 12.7. The van der Waals surface area contributed by atoms with Gasteiger partial charge < -0.3 is 5.32 Å². The molecule has 1 N–H and O–H groups in total. The minimum absolute atomic E-state index is 0.408. The van der Waals surface area contributed by atoms with Crippen LogP contribution in [0.15, 0.2) is 6.20 Å². The Labute approximate surface area is 97.1 Å². The highest BCUT2D eigenvalue weighted by Gasteiger charge is 2.07. The molecule has 0 aliphatic heterocycles. The molecule has 1 heterocycles. The van der Waals surface area contributed by atoms with Crippen LogP contribution in [-0.4, -0.2) is 11.5 Å². The van der Waals surface area contributed by atoms with Crippen molar-refractivity contribution in [3.63, 3.8) is 0 Å². The summed E-state index contributed by atoms with van der Waals surface area (Å²) in [6, 6.07) is 0.408. The Bertz CT molecular complexity index is 270. The Kier molecular flexibility index (Phi) is 5.88. The van der Waals surface area contributed by atoms with Crippen molar-refractivity contribution in [2.75, 3.05) is 6.54 Å². The fourth-order valence-electron chi connectivity index (χ4n) is 1.53. The topological polar surface area (TPSA) is 24.9 Å². The molecule has 0 saturated heterocycles. The lowest BCUT2D eigenvalue weighted by molar-refractivity contribution is 0.535. The van der Waals surface area contributed by atoms with Gasteiger partial charge in [-0.1, -0.05) is 26.2 Å². The smallest absolute Gasteiger partial charge is 0.109 e. The van der Waals surface area contributed by atoms with Gasteiger partial charge in [0, 0.05) is 11.1 Å². The molecule has 0 aliphatic carbocycles. The SMILES string of the molecule is CCCCCCNC(C)c1ncc(C)s1. The van der Waals surface area contributed by atoms with Gasteiger partial charge in [0.15, 0.2) is 0 Å². The molecule has 0 spiro atoms. The second-order valence-corrected chi connectivity index (χ2v) is 5.31. The van der Waals surface area contributed by atoms with Gasteiger partial charge >= 0.3 is 0 Å². The van der Waals surface area contributed by atoms with Gasteiger partial charge in [-0.05, 0) is 26.8 Å². The monoisotopic (exact) mass is 226 g/mol. The van der Waals surface area contributed by atoms with Gasteiger partial charge in [-0.3, -0.25) is 0 Å². The van der Waals surface area contributed by atoms with Crippen molar-refractivity contribution in [1.29, 1.82) is 0 Å². The van der Waals surface area contributed by atoms with E-state index in [0.29, 0.717) is 6.04 Å². The lowest BCUT2D eigenvalue weighted by atomic mass is 10.2. The maximum absolute atomic E-state index is 4.39. The Hall–Kier alpha value is -0.410. The number of hydrogen-bond acceptors (Lipinski definition) is 3. The second kappa shape index (κ2) is 6.96. The van der Waals surface area contributed by atoms with Gasteiger partial charge in [0.25, 0.3) is 0 Å². The Morgan fingerprint density at radius 3 is 2.80 bits per heavy atom. The Morgan fingerprint density at radius 2 is 2.20 bits per heavy atom. The molecule has 0 saturated carbocycles. The van der Waals surface area contributed by atoms with E-state index in [1.807, 2.05) is 6.20 Å². The number of aryl methyl sites for hydroxylation is 1. The van der Waals surface area contributed by atoms with Crippen LogP contribution in [0.4, 0.5) is 0 Å². The molecule has 0 amide bonds. The molecule has 0 radical (unpaired) electrons. The van der Waals surface area contributed by atoms with Crippen LogP contribution >= 0.6 is 11.3 Å². The average molecular weight is 226 g/mol. The maximum atomic E-state index is 4.39. The van der Waals surface area contributed by atoms with Crippen molar-refractivity contribution >= 4 is 11.3 Å². The van der Waals surface area contributed by atoms with Crippen LogP contribution in [0.1, 0.15) is 55.5 Å². The molecule has 1 aromatic heterocycles. The van der Waals surface area contributed by atoms with E-state index in [1.165, 1.54) is 35.6 Å². The Balaban J connectivity index is 2.16. The van der Waals surface area contributed by atoms with E-state index in [2.05, 4.69) is 31.1 Å². The van der Waals surface area contributed by atoms with E-state index in [0.717, 1.165) is 6.54 Å². The van der Waals surface area contributed by atoms with E-state index in [-0.39, 0.29) is 0 Å². The highest BCUT2D eigenvalue weighted by Crippen LogP contribution is 2.18. The summed E-state index contributed by atoms with van der Waals surface area (Å²) in [4.78, 5) is 5.68. The van der Waals surface area contributed by atoms with Gasteiger partial charge in [-0.15, -0.1) is 11.3 Å². The van der Waals surface area contributed by atoms with Gasteiger partial charge in [0.1, 0.15) is 5.01 Å². The van der Waals surface area contributed by atoms with Crippen molar-refractivity contribution in [2.45, 2.75) is 52.5 Å². The fraction of sp³-hybridized carbons (Fsp3) is 0.750. The summed E-state index contributed by atoms with van der Waals surface area (Å²) in [5, 5.41) is 4.73. The predicted molar refractivity (Wildman–Crippen MR) is 67.4 cm³/mol. The average Bonchev–Trinajstić information content (AvgIpc) is 2.64. The number of nitrogens with one attached hydrogen (secondary N) is 1. The van der Waals surface area contributed by atoms with Crippen LogP contribution in [-0.2, 0) is 0 Å². The largest absolute Gasteiger partial charge is 0.308 e. The molecule has 15 heavy (non-hydrogen) atoms. The molecule has 0 aromatic carbocycles. The van der Waals surface area contributed by atoms with E-state index in [9.17, 15) is 0 Å². The van der Waals surface area contributed by atoms with Crippen LogP contribution in [0.25, 0.3) is 0 Å². The van der Waals surface area contributed by atoms with Crippen LogP contribution in [0.2, 0.25) is 0 Å². The third-order valence-corrected chi connectivity index (χ3v) is 3.59. The summed E-state index contributed by atoms with van der Waals surface area (Å²) in [5.41, 5.74) is 0. The van der Waals surface area contributed by atoms with E-state index in [4.69, 9.17) is 0 Å². The highest BCUT2D eigenvalue weighted by atomic mass is 32.1. The summed E-state index contributed by atoms with van der Waals surface area (Å²) in [7, 11) is 0. The zero-order valence-corrected chi connectivity index (χ0v) is 10.9. The molecular formula is C12H22N2S. The second-order valence-electron chi connectivity index (χ2n) is 4.05. The number of unbranched alkanes of at least 4 members (excludes halogenated alkanes) is 3. The zero-order chi connectivity index (χ0) is 11.1. The van der Waals surface area contributed by atoms with E-state index in [1.54, 1.807) is 11.3 Å². The fourth-order valence-corrected chi connectivity index (χ4v) is 2.33. The quantitative estimate of drug-likeness (QED) is 0.717. The number of hydrogen-bond donors (Lipinski definition) is 1. The molecule has 3 heteroatoms. The van der Waals surface area contributed by atoms with Gasteiger partial charge in [0.2, 0.25) is 0 Å². The van der Waals surface area contributed by atoms with Gasteiger partial charge in [0.05, 0.1) is 6.04 Å². The first-order valence-corrected chi connectivity index (χ1v) is 6.71. The molecule has 1 rings (SSSR count). The third-order valence-electron chi connectivity index (χ3n) is 2.49. The summed E-state index contributed by atoms with van der Waals surface area (Å²) in [6.07, 6.45) is 7.23. The molecule has 0 aliphatic rings. The number of thiazole rings is 1. The molecule has 2 nitrogen and oxygen atoms in total. The normalized spacial score (nSPS) is 13.0. The maximum Gasteiger partial charge on any atom is 0.109 e. The molecule has 1 unspecified atom stereocenters. The standard InChI is InChI=1S/C12H22N2S/c1-4-5-6-7-8-13-11(3)12-14-9-10(2)15-12/h9,11,13H,4-8H2,1-3H3. The van der Waals surface area contributed by atoms with Crippen LogP contribution in [0, 0.1) is 6.92 Å². The summed E-state index contributed by atoms with van der Waals surface area (Å²) >= 11 is 1.79. The summed E-state index contributed by atoms with van der Waals surface area (Å²) < 4.78 is 0. The molecule has 86 valence electrons. The minimum Gasteiger partial charge on any atom is -0.308 e. The highest BCUT2D eigenvalue weighted by molar-refractivity contribution is 7.11. The summed E-state index contributed by atoms with van der Waals surface area (Å²) in [5.74, 6) is 0. The first-order chi connectivity index (χ1) is 7.24. The molecule has 1 aromatic rings. The Morgan fingerprint density at radius 1 is 1.40 bits per heavy atom. The molecule has 0 fully saturated rings.